The Balaban J connectivity index is 0.00000259. The molecule has 6 heteroatoms. The Bertz CT molecular complexity index is 1340. The summed E-state index contributed by atoms with van der Waals surface area (Å²) in [5.74, 6) is 0. The van der Waals surface area contributed by atoms with Crippen molar-refractivity contribution in [3.8, 4) is 0 Å². The van der Waals surface area contributed by atoms with Gasteiger partial charge in [0.25, 0.3) is 5.56 Å². The Morgan fingerprint density at radius 1 is 0.788 bits per heavy atom. The van der Waals surface area contributed by atoms with E-state index in [0.29, 0.717) is 6.16 Å². The zero-order chi connectivity index (χ0) is 22.1. The number of hydrogen-bond acceptors (Lipinski definition) is 3. The van der Waals surface area contributed by atoms with Crippen molar-refractivity contribution in [1.82, 2.24) is 9.38 Å². The number of halogens is 1. The average Bonchev–Trinajstić information content (AvgIpc) is 3.12. The highest BCUT2D eigenvalue weighted by Gasteiger charge is 2.46. The maximum atomic E-state index is 13.1. The van der Waals surface area contributed by atoms with Gasteiger partial charge < -0.3 is 12.4 Å². The minimum absolute atomic E-state index is 0. The molecule has 0 unspecified atom stereocenters. The van der Waals surface area contributed by atoms with E-state index in [1.54, 1.807) is 21.8 Å². The van der Waals surface area contributed by atoms with Crippen molar-refractivity contribution >= 4 is 39.5 Å². The highest BCUT2D eigenvalue weighted by atomic mass is 35.5. The van der Waals surface area contributed by atoms with Gasteiger partial charge in [-0.25, -0.2) is 4.98 Å². The van der Waals surface area contributed by atoms with Gasteiger partial charge in [0.05, 0.1) is 5.69 Å². The maximum Gasteiger partial charge on any atom is 0.259 e. The van der Waals surface area contributed by atoms with Gasteiger partial charge in [-0.2, -0.15) is 0 Å². The number of benzene rings is 3. The van der Waals surface area contributed by atoms with Crippen LogP contribution in [0.3, 0.4) is 0 Å². The van der Waals surface area contributed by atoms with Crippen LogP contribution >= 0.6 is 18.6 Å². The van der Waals surface area contributed by atoms with Gasteiger partial charge in [0, 0.05) is 16.6 Å². The molecule has 0 aliphatic rings. The van der Waals surface area contributed by atoms with Crippen LogP contribution in [0, 0.1) is 13.8 Å². The normalized spacial score (nSPS) is 11.3. The van der Waals surface area contributed by atoms with Gasteiger partial charge in [-0.05, 0) is 50.2 Å². The van der Waals surface area contributed by atoms with Crippen LogP contribution in [0.2, 0.25) is 0 Å². The predicted molar refractivity (Wildman–Crippen MR) is 138 cm³/mol. The van der Waals surface area contributed by atoms with Crippen molar-refractivity contribution in [2.45, 2.75) is 20.0 Å². The molecule has 0 spiro atoms. The Morgan fingerprint density at radius 3 is 1.70 bits per heavy atom. The van der Waals surface area contributed by atoms with Crippen LogP contribution in [0.25, 0.3) is 4.96 Å². The molecule has 0 saturated heterocycles. The van der Waals surface area contributed by atoms with E-state index >= 15 is 0 Å². The van der Waals surface area contributed by atoms with E-state index in [-0.39, 0.29) is 18.0 Å². The lowest BCUT2D eigenvalue weighted by molar-refractivity contribution is -0.00000650. The molecule has 5 rings (SSSR count). The quantitative estimate of drug-likeness (QED) is 0.353. The molecule has 3 aromatic carbocycles. The lowest BCUT2D eigenvalue weighted by Gasteiger charge is -2.27. The molecule has 0 aliphatic carbocycles. The van der Waals surface area contributed by atoms with Gasteiger partial charge in [-0.3, -0.25) is 9.20 Å². The van der Waals surface area contributed by atoms with Crippen molar-refractivity contribution in [2.24, 2.45) is 0 Å². The number of aryl methyl sites for hydroxylation is 2. The van der Waals surface area contributed by atoms with Crippen molar-refractivity contribution in [3.05, 3.63) is 124 Å². The monoisotopic (exact) mass is 490 g/mol. The summed E-state index contributed by atoms with van der Waals surface area (Å²) in [5.41, 5.74) is 1.82. The summed E-state index contributed by atoms with van der Waals surface area (Å²) in [7, 11) is -2.08. The number of thiazole rings is 1. The molecule has 0 N–H and O–H groups in total. The molecule has 33 heavy (non-hydrogen) atoms. The van der Waals surface area contributed by atoms with Gasteiger partial charge in [-0.15, -0.1) is 11.3 Å². The Kier molecular flexibility index (Phi) is 6.81. The van der Waals surface area contributed by atoms with Gasteiger partial charge in [0.2, 0.25) is 0 Å². The lowest BCUT2D eigenvalue weighted by atomic mass is 10.3. The zero-order valence-corrected chi connectivity index (χ0v) is 20.9. The molecular weight excluding hydrogens is 467 g/mol. The minimum atomic E-state index is -2.08. The van der Waals surface area contributed by atoms with Gasteiger partial charge in [0.1, 0.15) is 29.3 Å². The third kappa shape index (κ3) is 4.15. The molecule has 2 heterocycles. The molecule has 0 bridgehead atoms. The van der Waals surface area contributed by atoms with Gasteiger partial charge >= 0.3 is 0 Å². The fourth-order valence-electron chi connectivity index (χ4n) is 4.34. The summed E-state index contributed by atoms with van der Waals surface area (Å²) in [6.07, 6.45) is 0.701. The highest BCUT2D eigenvalue weighted by molar-refractivity contribution is 7.95. The molecule has 5 aromatic rings. The summed E-state index contributed by atoms with van der Waals surface area (Å²) in [5, 5.41) is 3.87. The van der Waals surface area contributed by atoms with E-state index in [9.17, 15) is 4.79 Å². The first-order valence-corrected chi connectivity index (χ1v) is 13.4. The lowest BCUT2D eigenvalue weighted by Crippen LogP contribution is -3.00. The fraction of sp³-hybridized carbons (Fsp3) is 0.111. The Hall–Kier alpha value is -2.78. The molecule has 0 radical (unpaired) electrons. The van der Waals surface area contributed by atoms with Crippen LogP contribution in [0.5, 0.6) is 0 Å². The second-order valence-corrected chi connectivity index (χ2v) is 12.6. The third-order valence-electron chi connectivity index (χ3n) is 6.02. The van der Waals surface area contributed by atoms with E-state index in [4.69, 9.17) is 4.98 Å². The van der Waals surface area contributed by atoms with Crippen molar-refractivity contribution < 1.29 is 12.4 Å². The van der Waals surface area contributed by atoms with E-state index in [0.717, 1.165) is 21.2 Å². The number of rotatable bonds is 5. The van der Waals surface area contributed by atoms with Gasteiger partial charge in [0.15, 0.2) is 4.96 Å². The number of fused-ring (bicyclic) bond motifs is 1. The average molecular weight is 491 g/mol. The second kappa shape index (κ2) is 9.61. The van der Waals surface area contributed by atoms with E-state index in [1.807, 2.05) is 13.8 Å². The standard InChI is InChI=1S/C27H24N2OPS.ClH/c1-20-21(2)32-27-28-22(18-26(30)29(20)27)19-31(23-12-6-3-7-13-23,24-14-8-4-9-15-24)25-16-10-5-11-17-25;/h3-18H,19H2,1-2H3;1H/q+1;/p-1. The molecule has 0 amide bonds. The van der Waals surface area contributed by atoms with Crippen molar-refractivity contribution in [1.29, 1.82) is 0 Å². The smallest absolute Gasteiger partial charge is 0.259 e. The molecule has 0 atom stereocenters. The first-order chi connectivity index (χ1) is 15.6. The first kappa shape index (κ1) is 23.4. The number of aromatic nitrogens is 2. The summed E-state index contributed by atoms with van der Waals surface area (Å²) < 4.78 is 1.73. The van der Waals surface area contributed by atoms with Crippen LogP contribution in [0.4, 0.5) is 0 Å². The zero-order valence-electron chi connectivity index (χ0n) is 18.5. The summed E-state index contributed by atoms with van der Waals surface area (Å²) in [6.45, 7) is 4.03. The molecule has 3 nitrogen and oxygen atoms in total. The minimum Gasteiger partial charge on any atom is -1.00 e. The van der Waals surface area contributed by atoms with Crippen molar-refractivity contribution in [2.75, 3.05) is 0 Å². The largest absolute Gasteiger partial charge is 1.00 e. The van der Waals surface area contributed by atoms with E-state index in [1.165, 1.54) is 15.9 Å². The third-order valence-corrected chi connectivity index (χ3v) is 11.4. The Morgan fingerprint density at radius 2 is 1.24 bits per heavy atom. The molecule has 0 aliphatic heterocycles. The van der Waals surface area contributed by atoms with Crippen LogP contribution in [-0.4, -0.2) is 9.38 Å². The number of hydrogen-bond donors (Lipinski definition) is 0. The highest BCUT2D eigenvalue weighted by Crippen LogP contribution is 2.57. The number of nitrogens with zero attached hydrogens (tertiary/aromatic N) is 2. The van der Waals surface area contributed by atoms with E-state index in [2.05, 4.69) is 91.0 Å². The van der Waals surface area contributed by atoms with Gasteiger partial charge in [-0.1, -0.05) is 54.6 Å². The Labute approximate surface area is 204 Å². The SMILES string of the molecule is Cc1sc2nc(C[P+](c3ccccc3)(c3ccccc3)c3ccccc3)cc(=O)n2c1C.[Cl-]. The van der Waals surface area contributed by atoms with Crippen LogP contribution in [0.15, 0.2) is 102 Å². The first-order valence-electron chi connectivity index (χ1n) is 10.6. The van der Waals surface area contributed by atoms with E-state index < -0.39 is 7.26 Å². The van der Waals surface area contributed by atoms with Crippen molar-refractivity contribution in [3.63, 3.8) is 0 Å². The summed E-state index contributed by atoms with van der Waals surface area (Å²) in [4.78, 5) is 20.0. The molecule has 0 saturated carbocycles. The maximum absolute atomic E-state index is 13.1. The van der Waals surface area contributed by atoms with Crippen LogP contribution < -0.4 is 33.9 Å². The topological polar surface area (TPSA) is 34.4 Å². The molecule has 166 valence electrons. The summed E-state index contributed by atoms with van der Waals surface area (Å²) in [6, 6.07) is 33.9. The predicted octanol–water partition coefficient (Wildman–Crippen LogP) is 1.87. The molecular formula is C27H24ClN2OPS. The van der Waals surface area contributed by atoms with Crippen LogP contribution in [-0.2, 0) is 6.16 Å². The second-order valence-electron chi connectivity index (χ2n) is 7.92. The molecule has 2 aromatic heterocycles. The fourth-order valence-corrected chi connectivity index (χ4v) is 9.47. The summed E-state index contributed by atoms with van der Waals surface area (Å²) >= 11 is 1.58. The van der Waals surface area contributed by atoms with Crippen LogP contribution in [0.1, 0.15) is 16.3 Å². The molecule has 0 fully saturated rings.